The molecule has 0 fully saturated rings. The fraction of sp³-hybridized carbons (Fsp3) is 1.00. The number of methoxy groups -OCH3 is 1. The van der Waals surface area contributed by atoms with E-state index in [2.05, 4.69) is 25.8 Å². The number of nitrogens with zero attached hydrogens (tertiary/aromatic N) is 1. The predicted molar refractivity (Wildman–Crippen MR) is 48.8 cm³/mol. The first-order valence-electron chi connectivity index (χ1n) is 4.34. The van der Waals surface area contributed by atoms with Crippen molar-refractivity contribution in [1.82, 2.24) is 4.90 Å². The summed E-state index contributed by atoms with van der Waals surface area (Å²) >= 11 is 0. The van der Waals surface area contributed by atoms with Crippen LogP contribution in [0.3, 0.4) is 0 Å². The van der Waals surface area contributed by atoms with E-state index >= 15 is 0 Å². The molecule has 0 bridgehead atoms. The molecule has 0 aliphatic rings. The molecule has 0 radical (unpaired) electrons. The molecule has 0 aromatic carbocycles. The van der Waals surface area contributed by atoms with Gasteiger partial charge >= 0.3 is 0 Å². The van der Waals surface area contributed by atoms with Crippen LogP contribution in [0.15, 0.2) is 0 Å². The maximum atomic E-state index is 4.97. The van der Waals surface area contributed by atoms with Crippen LogP contribution in [0.25, 0.3) is 0 Å². The molecule has 0 spiro atoms. The minimum atomic E-state index is 0.766. The Bertz CT molecular complexity index is 83.6. The molecule has 0 N–H and O–H groups in total. The molecule has 0 aromatic heterocycles. The van der Waals surface area contributed by atoms with Crippen LogP contribution in [-0.4, -0.2) is 38.8 Å². The largest absolute Gasteiger partial charge is 0.385 e. The topological polar surface area (TPSA) is 12.5 Å². The number of ether oxygens (including phenoxy) is 1. The Morgan fingerprint density at radius 1 is 1.36 bits per heavy atom. The molecule has 0 amide bonds. The number of rotatable bonds is 6. The monoisotopic (exact) mass is 159 g/mol. The van der Waals surface area contributed by atoms with Crippen LogP contribution < -0.4 is 0 Å². The van der Waals surface area contributed by atoms with E-state index < -0.39 is 0 Å². The van der Waals surface area contributed by atoms with Crippen molar-refractivity contribution in [3.63, 3.8) is 0 Å². The van der Waals surface area contributed by atoms with E-state index in [9.17, 15) is 0 Å². The zero-order valence-electron chi connectivity index (χ0n) is 8.26. The summed E-state index contributed by atoms with van der Waals surface area (Å²) in [6.45, 7) is 7.69. The Morgan fingerprint density at radius 2 is 2.00 bits per heavy atom. The van der Waals surface area contributed by atoms with Crippen molar-refractivity contribution in [2.45, 2.75) is 20.3 Å². The number of hydrogen-bond acceptors (Lipinski definition) is 2. The third-order valence-electron chi connectivity index (χ3n) is 1.57. The fourth-order valence-electron chi connectivity index (χ4n) is 1.19. The molecule has 0 heterocycles. The van der Waals surface area contributed by atoms with Gasteiger partial charge in [-0.25, -0.2) is 0 Å². The van der Waals surface area contributed by atoms with E-state index in [0.29, 0.717) is 0 Å². The van der Waals surface area contributed by atoms with Gasteiger partial charge in [-0.15, -0.1) is 0 Å². The first-order chi connectivity index (χ1) is 5.16. The van der Waals surface area contributed by atoms with Gasteiger partial charge in [0.25, 0.3) is 0 Å². The van der Waals surface area contributed by atoms with Gasteiger partial charge in [-0.3, -0.25) is 0 Å². The van der Waals surface area contributed by atoms with E-state index in [-0.39, 0.29) is 0 Å². The van der Waals surface area contributed by atoms with Gasteiger partial charge in [-0.1, -0.05) is 13.8 Å². The maximum Gasteiger partial charge on any atom is 0.0474 e. The van der Waals surface area contributed by atoms with Crippen molar-refractivity contribution in [3.8, 4) is 0 Å². The van der Waals surface area contributed by atoms with Crippen molar-refractivity contribution in [2.75, 3.05) is 33.9 Å². The van der Waals surface area contributed by atoms with Gasteiger partial charge in [0.15, 0.2) is 0 Å². The third-order valence-corrected chi connectivity index (χ3v) is 1.57. The average molecular weight is 159 g/mol. The summed E-state index contributed by atoms with van der Waals surface area (Å²) in [6, 6.07) is 0. The lowest BCUT2D eigenvalue weighted by atomic mass is 10.2. The Labute approximate surface area is 70.5 Å². The quantitative estimate of drug-likeness (QED) is 0.546. The lowest BCUT2D eigenvalue weighted by Crippen LogP contribution is -2.24. The minimum Gasteiger partial charge on any atom is -0.385 e. The van der Waals surface area contributed by atoms with Gasteiger partial charge in [0.1, 0.15) is 0 Å². The van der Waals surface area contributed by atoms with Crippen molar-refractivity contribution in [2.24, 2.45) is 5.92 Å². The summed E-state index contributed by atoms with van der Waals surface area (Å²) < 4.78 is 4.97. The normalized spacial score (nSPS) is 11.5. The second-order valence-electron chi connectivity index (χ2n) is 3.50. The average Bonchev–Trinajstić information content (AvgIpc) is 1.86. The van der Waals surface area contributed by atoms with E-state index in [4.69, 9.17) is 4.74 Å². The molecular formula is C9H21NO. The van der Waals surface area contributed by atoms with Gasteiger partial charge in [0.2, 0.25) is 0 Å². The van der Waals surface area contributed by atoms with Crippen molar-refractivity contribution in [3.05, 3.63) is 0 Å². The smallest absolute Gasteiger partial charge is 0.0474 e. The Balaban J connectivity index is 3.15. The van der Waals surface area contributed by atoms with Crippen LogP contribution in [0.4, 0.5) is 0 Å². The molecule has 2 heteroatoms. The molecule has 0 aliphatic heterocycles. The van der Waals surface area contributed by atoms with Gasteiger partial charge in [-0.2, -0.15) is 0 Å². The molecular weight excluding hydrogens is 138 g/mol. The van der Waals surface area contributed by atoms with E-state index in [1.165, 1.54) is 6.54 Å². The molecule has 0 rings (SSSR count). The molecule has 68 valence electrons. The molecule has 2 nitrogen and oxygen atoms in total. The molecule has 0 atom stereocenters. The van der Waals surface area contributed by atoms with Crippen LogP contribution in [0.1, 0.15) is 20.3 Å². The van der Waals surface area contributed by atoms with Crippen LogP contribution in [0.5, 0.6) is 0 Å². The zero-order valence-corrected chi connectivity index (χ0v) is 8.26. The van der Waals surface area contributed by atoms with Crippen molar-refractivity contribution < 1.29 is 4.74 Å². The highest BCUT2D eigenvalue weighted by molar-refractivity contribution is 4.53. The van der Waals surface area contributed by atoms with Crippen LogP contribution in [-0.2, 0) is 4.74 Å². The molecule has 0 aromatic rings. The Morgan fingerprint density at radius 3 is 2.45 bits per heavy atom. The summed E-state index contributed by atoms with van der Waals surface area (Å²) in [7, 11) is 3.91. The second-order valence-corrected chi connectivity index (χ2v) is 3.50. The van der Waals surface area contributed by atoms with Gasteiger partial charge in [0.05, 0.1) is 0 Å². The highest BCUT2D eigenvalue weighted by Crippen LogP contribution is 1.96. The van der Waals surface area contributed by atoms with Crippen LogP contribution in [0, 0.1) is 5.92 Å². The summed E-state index contributed by atoms with van der Waals surface area (Å²) in [6.07, 6.45) is 1.14. The van der Waals surface area contributed by atoms with Crippen LogP contribution >= 0.6 is 0 Å². The fourth-order valence-corrected chi connectivity index (χ4v) is 1.19. The predicted octanol–water partition coefficient (Wildman–Crippen LogP) is 1.61. The Hall–Kier alpha value is -0.0800. The third kappa shape index (κ3) is 7.82. The molecule has 0 unspecified atom stereocenters. The van der Waals surface area contributed by atoms with E-state index in [1.807, 2.05) is 0 Å². The SMILES string of the molecule is COCCCN(C)CC(C)C. The minimum absolute atomic E-state index is 0.766. The van der Waals surface area contributed by atoms with Gasteiger partial charge in [0, 0.05) is 26.8 Å². The molecule has 0 aliphatic carbocycles. The maximum absolute atomic E-state index is 4.97. The van der Waals surface area contributed by atoms with Crippen molar-refractivity contribution in [1.29, 1.82) is 0 Å². The highest BCUT2D eigenvalue weighted by atomic mass is 16.5. The summed E-state index contributed by atoms with van der Waals surface area (Å²) in [5.74, 6) is 0.766. The highest BCUT2D eigenvalue weighted by Gasteiger charge is 1.99. The van der Waals surface area contributed by atoms with Gasteiger partial charge in [-0.05, 0) is 19.4 Å². The molecule has 0 saturated heterocycles. The molecule has 11 heavy (non-hydrogen) atoms. The lowest BCUT2D eigenvalue weighted by Gasteiger charge is -2.18. The van der Waals surface area contributed by atoms with Gasteiger partial charge < -0.3 is 9.64 Å². The summed E-state index contributed by atoms with van der Waals surface area (Å²) in [5.41, 5.74) is 0. The first-order valence-corrected chi connectivity index (χ1v) is 4.34. The first kappa shape index (κ1) is 10.9. The lowest BCUT2D eigenvalue weighted by molar-refractivity contribution is 0.176. The Kier molecular flexibility index (Phi) is 6.57. The standard InChI is InChI=1S/C9H21NO/c1-9(2)8-10(3)6-5-7-11-4/h9H,5-8H2,1-4H3. The van der Waals surface area contributed by atoms with Crippen LogP contribution in [0.2, 0.25) is 0 Å². The summed E-state index contributed by atoms with van der Waals surface area (Å²) in [5, 5.41) is 0. The second kappa shape index (κ2) is 6.62. The zero-order chi connectivity index (χ0) is 8.69. The van der Waals surface area contributed by atoms with E-state index in [0.717, 1.165) is 25.5 Å². The number of hydrogen-bond donors (Lipinski definition) is 0. The summed E-state index contributed by atoms with van der Waals surface area (Å²) in [4.78, 5) is 2.35. The van der Waals surface area contributed by atoms with Crippen molar-refractivity contribution >= 4 is 0 Å². The molecule has 0 saturated carbocycles. The van der Waals surface area contributed by atoms with E-state index in [1.54, 1.807) is 7.11 Å².